The van der Waals surface area contributed by atoms with Gasteiger partial charge in [-0.1, -0.05) is 13.3 Å². The number of anilines is 1. The number of aryl methyl sites for hydroxylation is 1. The molecular weight excluding hydrogens is 506 g/mol. The van der Waals surface area contributed by atoms with Gasteiger partial charge in [0, 0.05) is 37.3 Å². The van der Waals surface area contributed by atoms with Crippen molar-refractivity contribution in [3.8, 4) is 11.6 Å². The number of carbonyl (C=O) groups excluding carboxylic acids is 1. The van der Waals surface area contributed by atoms with E-state index in [2.05, 4.69) is 20.3 Å². The van der Waals surface area contributed by atoms with Gasteiger partial charge in [-0.05, 0) is 37.1 Å². The van der Waals surface area contributed by atoms with Gasteiger partial charge in [-0.15, -0.1) is 0 Å². The molecule has 0 spiro atoms. The zero-order valence-corrected chi connectivity index (χ0v) is 20.8. The van der Waals surface area contributed by atoms with Gasteiger partial charge in [-0.3, -0.25) is 14.5 Å². The molecule has 2 N–H and O–H groups in total. The van der Waals surface area contributed by atoms with Gasteiger partial charge in [0.15, 0.2) is 17.4 Å². The van der Waals surface area contributed by atoms with E-state index >= 15 is 0 Å². The van der Waals surface area contributed by atoms with Crippen molar-refractivity contribution in [3.05, 3.63) is 76.0 Å². The van der Waals surface area contributed by atoms with E-state index in [1.54, 1.807) is 11.8 Å². The second-order valence-corrected chi connectivity index (χ2v) is 9.18. The minimum atomic E-state index is -3.00. The van der Waals surface area contributed by atoms with Gasteiger partial charge in [-0.25, -0.2) is 27.5 Å². The summed E-state index contributed by atoms with van der Waals surface area (Å²) in [5.41, 5.74) is 0.492. The van der Waals surface area contributed by atoms with Crippen LogP contribution in [0, 0.1) is 11.6 Å². The fraction of sp³-hybridized carbons (Fsp3) is 0.385. The number of piperidine rings is 1. The van der Waals surface area contributed by atoms with Gasteiger partial charge in [0.2, 0.25) is 11.8 Å². The number of aromatic nitrogens is 3. The summed E-state index contributed by atoms with van der Waals surface area (Å²) in [5.74, 6) is -6.57. The third-order valence-electron chi connectivity index (χ3n) is 6.50. The number of aromatic amines is 1. The molecule has 0 radical (unpaired) electrons. The summed E-state index contributed by atoms with van der Waals surface area (Å²) in [6.07, 6.45) is 4.42. The highest BCUT2D eigenvalue weighted by molar-refractivity contribution is 5.93. The second-order valence-electron chi connectivity index (χ2n) is 9.18. The molecule has 0 saturated carbocycles. The normalized spacial score (nSPS) is 18.1. The van der Waals surface area contributed by atoms with Gasteiger partial charge < -0.3 is 15.0 Å². The number of alkyl halides is 2. The third kappa shape index (κ3) is 6.18. The molecule has 1 aliphatic heterocycles. The maximum absolute atomic E-state index is 14.9. The Hall–Kier alpha value is -3.80. The maximum Gasteiger partial charge on any atom is 0.257 e. The van der Waals surface area contributed by atoms with Gasteiger partial charge in [0.05, 0.1) is 24.4 Å². The number of ether oxygens (including phenoxy) is 1. The van der Waals surface area contributed by atoms with Crippen LogP contribution < -0.4 is 15.6 Å². The molecule has 3 aromatic rings. The molecule has 1 fully saturated rings. The molecule has 1 amide bonds. The van der Waals surface area contributed by atoms with Crippen LogP contribution in [0.4, 0.5) is 23.4 Å². The monoisotopic (exact) mass is 533 g/mol. The maximum atomic E-state index is 14.9. The van der Waals surface area contributed by atoms with Crippen molar-refractivity contribution >= 4 is 11.7 Å². The quantitative estimate of drug-likeness (QED) is 0.410. The predicted molar refractivity (Wildman–Crippen MR) is 131 cm³/mol. The van der Waals surface area contributed by atoms with Gasteiger partial charge in [0.25, 0.3) is 11.5 Å². The molecule has 38 heavy (non-hydrogen) atoms. The van der Waals surface area contributed by atoms with Crippen molar-refractivity contribution in [2.75, 3.05) is 18.4 Å². The molecule has 0 bridgehead atoms. The summed E-state index contributed by atoms with van der Waals surface area (Å²) in [6, 6.07) is 3.58. The van der Waals surface area contributed by atoms with Crippen LogP contribution in [0.15, 0.2) is 47.7 Å². The molecule has 2 atom stereocenters. The standard InChI is InChI=1S/C26H27F4N5O3/c1-3-4-16-9-17(11-33-25(16)37)19-14-35(8-7-26(19,29)30)15(2)24(36)34-22-12-32-23(13-31-22)38-21-6-5-18(27)10-20(21)28/h5-6,9-13,15,19H,3-4,7-8,14H2,1-2H3,(H,33,37)(H,31,34,36)/t15-,19+/m0/s1. The Morgan fingerprint density at radius 3 is 2.74 bits per heavy atom. The van der Waals surface area contributed by atoms with Crippen molar-refractivity contribution in [1.29, 1.82) is 0 Å². The smallest absolute Gasteiger partial charge is 0.257 e. The van der Waals surface area contributed by atoms with Crippen LogP contribution >= 0.6 is 0 Å². The first kappa shape index (κ1) is 27.2. The Kier molecular flexibility index (Phi) is 8.10. The molecule has 1 aliphatic rings. The minimum Gasteiger partial charge on any atom is -0.434 e. The van der Waals surface area contributed by atoms with Crippen LogP contribution in [-0.2, 0) is 11.2 Å². The van der Waals surface area contributed by atoms with Crippen LogP contribution in [0.1, 0.15) is 43.7 Å². The highest BCUT2D eigenvalue weighted by Gasteiger charge is 2.46. The number of amides is 1. The summed E-state index contributed by atoms with van der Waals surface area (Å²) in [4.78, 5) is 37.1. The molecule has 4 rings (SSSR count). The molecule has 12 heteroatoms. The number of rotatable bonds is 8. The number of hydrogen-bond donors (Lipinski definition) is 2. The minimum absolute atomic E-state index is 0.00491. The Bertz CT molecular complexity index is 1350. The number of carbonyl (C=O) groups is 1. The Morgan fingerprint density at radius 2 is 2.05 bits per heavy atom. The SMILES string of the molecule is CCCc1cc([C@H]2CN([C@@H](C)C(=O)Nc3cnc(Oc4ccc(F)cc4F)cn3)CCC2(F)F)c[nH]c1=O. The number of hydrogen-bond acceptors (Lipinski definition) is 6. The Morgan fingerprint density at radius 1 is 1.26 bits per heavy atom. The largest absolute Gasteiger partial charge is 0.434 e. The van der Waals surface area contributed by atoms with Crippen molar-refractivity contribution in [1.82, 2.24) is 19.9 Å². The van der Waals surface area contributed by atoms with Crippen LogP contribution in [0.25, 0.3) is 0 Å². The highest BCUT2D eigenvalue weighted by atomic mass is 19.3. The van der Waals surface area contributed by atoms with Gasteiger partial charge in [-0.2, -0.15) is 0 Å². The fourth-order valence-corrected chi connectivity index (χ4v) is 4.33. The summed E-state index contributed by atoms with van der Waals surface area (Å²) in [5, 5.41) is 2.59. The first-order valence-electron chi connectivity index (χ1n) is 12.2. The first-order chi connectivity index (χ1) is 18.1. The van der Waals surface area contributed by atoms with E-state index in [-0.39, 0.29) is 36.1 Å². The predicted octanol–water partition coefficient (Wildman–Crippen LogP) is 4.64. The van der Waals surface area contributed by atoms with Crippen LogP contribution in [-0.4, -0.2) is 50.8 Å². The number of nitrogens with zero attached hydrogens (tertiary/aromatic N) is 3. The van der Waals surface area contributed by atoms with E-state index in [0.717, 1.165) is 18.3 Å². The van der Waals surface area contributed by atoms with Crippen molar-refractivity contribution in [2.45, 2.75) is 51.0 Å². The zero-order valence-electron chi connectivity index (χ0n) is 20.8. The second kappa shape index (κ2) is 11.3. The molecule has 2 aromatic heterocycles. The molecule has 1 aromatic carbocycles. The van der Waals surface area contributed by atoms with Crippen LogP contribution in [0.3, 0.4) is 0 Å². The fourth-order valence-electron chi connectivity index (χ4n) is 4.33. The van der Waals surface area contributed by atoms with Crippen LogP contribution in [0.5, 0.6) is 11.6 Å². The number of H-pyrrole nitrogens is 1. The summed E-state index contributed by atoms with van der Waals surface area (Å²) in [7, 11) is 0. The number of benzene rings is 1. The summed E-state index contributed by atoms with van der Waals surface area (Å²) < 4.78 is 61.9. The lowest BCUT2D eigenvalue weighted by Gasteiger charge is -2.40. The zero-order chi connectivity index (χ0) is 27.4. The molecule has 1 saturated heterocycles. The average Bonchev–Trinajstić information content (AvgIpc) is 2.88. The van der Waals surface area contributed by atoms with E-state index in [4.69, 9.17) is 4.74 Å². The molecule has 0 aliphatic carbocycles. The van der Waals surface area contributed by atoms with Crippen molar-refractivity contribution in [2.24, 2.45) is 0 Å². The van der Waals surface area contributed by atoms with E-state index in [9.17, 15) is 27.2 Å². The third-order valence-corrected chi connectivity index (χ3v) is 6.50. The molecule has 0 unspecified atom stereocenters. The van der Waals surface area contributed by atoms with Crippen LogP contribution in [0.2, 0.25) is 0 Å². The average molecular weight is 534 g/mol. The van der Waals surface area contributed by atoms with Gasteiger partial charge >= 0.3 is 0 Å². The van der Waals surface area contributed by atoms with Crippen molar-refractivity contribution in [3.63, 3.8) is 0 Å². The summed E-state index contributed by atoms with van der Waals surface area (Å²) >= 11 is 0. The van der Waals surface area contributed by atoms with Crippen molar-refractivity contribution < 1.29 is 27.1 Å². The lowest BCUT2D eigenvalue weighted by molar-refractivity contribution is -0.125. The highest BCUT2D eigenvalue weighted by Crippen LogP contribution is 2.40. The number of likely N-dealkylation sites (tertiary alicyclic amines) is 1. The van der Waals surface area contributed by atoms with E-state index in [1.165, 1.54) is 18.5 Å². The Labute approximate surface area is 216 Å². The van der Waals surface area contributed by atoms with E-state index < -0.39 is 41.8 Å². The number of pyridine rings is 1. The first-order valence-corrected chi connectivity index (χ1v) is 12.2. The summed E-state index contributed by atoms with van der Waals surface area (Å²) in [6.45, 7) is 3.43. The van der Waals surface area contributed by atoms with Gasteiger partial charge in [0.1, 0.15) is 5.82 Å². The lowest BCUT2D eigenvalue weighted by Crippen LogP contribution is -2.52. The topological polar surface area (TPSA) is 100 Å². The number of nitrogens with one attached hydrogen (secondary N) is 2. The molecule has 3 heterocycles. The molecular formula is C26H27F4N5O3. The lowest BCUT2D eigenvalue weighted by atomic mass is 9.86. The van der Waals surface area contributed by atoms with E-state index in [1.807, 2.05) is 6.92 Å². The molecule has 8 nitrogen and oxygen atoms in total. The van der Waals surface area contributed by atoms with E-state index in [0.29, 0.717) is 30.0 Å². The Balaban J connectivity index is 1.41. The number of halogens is 4. The molecule has 202 valence electrons.